The van der Waals surface area contributed by atoms with Gasteiger partial charge >= 0.3 is 0 Å². The van der Waals surface area contributed by atoms with Gasteiger partial charge in [-0.05, 0) is 25.5 Å². The van der Waals surface area contributed by atoms with Crippen LogP contribution in [0.3, 0.4) is 0 Å². The van der Waals surface area contributed by atoms with E-state index in [2.05, 4.69) is 55.9 Å². The van der Waals surface area contributed by atoms with Crippen molar-refractivity contribution < 1.29 is 0 Å². The van der Waals surface area contributed by atoms with Crippen LogP contribution in [0.2, 0.25) is 0 Å². The summed E-state index contributed by atoms with van der Waals surface area (Å²) in [6.07, 6.45) is 0.469. The number of fused-ring (bicyclic) bond motifs is 1. The molecule has 1 unspecified atom stereocenters. The Morgan fingerprint density at radius 3 is 2.46 bits per heavy atom. The summed E-state index contributed by atoms with van der Waals surface area (Å²) in [4.78, 5) is 4.63. The van der Waals surface area contributed by atoms with Crippen LogP contribution < -0.4 is 9.80 Å². The Kier molecular flexibility index (Phi) is 1.72. The van der Waals surface area contributed by atoms with E-state index in [1.54, 1.807) is 0 Å². The van der Waals surface area contributed by atoms with E-state index < -0.39 is 0 Å². The molecule has 1 aliphatic rings. The monoisotopic (exact) mass is 176 g/mol. The second kappa shape index (κ2) is 2.66. The number of rotatable bonds is 0. The van der Waals surface area contributed by atoms with Gasteiger partial charge in [0.25, 0.3) is 0 Å². The fraction of sp³-hybridized carbons (Fsp3) is 0.455. The quantitative estimate of drug-likeness (QED) is 0.598. The highest BCUT2D eigenvalue weighted by atomic mass is 15.4. The second-order valence-electron chi connectivity index (χ2n) is 3.80. The van der Waals surface area contributed by atoms with E-state index >= 15 is 0 Å². The summed E-state index contributed by atoms with van der Waals surface area (Å²) >= 11 is 0. The zero-order valence-electron chi connectivity index (χ0n) is 8.70. The number of nitrogens with zero attached hydrogens (tertiary/aromatic N) is 2. The summed E-state index contributed by atoms with van der Waals surface area (Å²) in [6, 6.07) is 6.47. The molecule has 0 N–H and O–H groups in total. The first-order valence-electron chi connectivity index (χ1n) is 4.68. The summed E-state index contributed by atoms with van der Waals surface area (Å²) in [5, 5.41) is 0. The highest BCUT2D eigenvalue weighted by molar-refractivity contribution is 5.79. The Balaban J connectivity index is 2.60. The first-order chi connectivity index (χ1) is 6.13. The Hall–Kier alpha value is -1.18. The molecule has 0 saturated carbocycles. The molecule has 0 saturated heterocycles. The Bertz CT molecular complexity index is 333. The van der Waals surface area contributed by atoms with Gasteiger partial charge in [0, 0.05) is 14.1 Å². The van der Waals surface area contributed by atoms with Crippen molar-refractivity contribution in [2.24, 2.45) is 0 Å². The maximum Gasteiger partial charge on any atom is 0.0982 e. The van der Waals surface area contributed by atoms with E-state index in [1.807, 2.05) is 0 Å². The Morgan fingerprint density at radius 2 is 1.85 bits per heavy atom. The molecule has 1 atom stereocenters. The minimum atomic E-state index is 0.469. The zero-order chi connectivity index (χ0) is 9.59. The minimum Gasteiger partial charge on any atom is -0.353 e. The van der Waals surface area contributed by atoms with Crippen molar-refractivity contribution in [1.29, 1.82) is 0 Å². The number of anilines is 2. The molecule has 2 heteroatoms. The molecular weight excluding hydrogens is 160 g/mol. The Morgan fingerprint density at radius 1 is 1.15 bits per heavy atom. The highest BCUT2D eigenvalue weighted by Gasteiger charge is 2.28. The maximum absolute atomic E-state index is 2.32. The molecule has 0 aromatic heterocycles. The third-order valence-electron chi connectivity index (χ3n) is 3.07. The molecule has 0 fully saturated rings. The first-order valence-corrected chi connectivity index (χ1v) is 4.68. The second-order valence-corrected chi connectivity index (χ2v) is 3.80. The summed E-state index contributed by atoms with van der Waals surface area (Å²) in [7, 11) is 4.30. The van der Waals surface area contributed by atoms with Crippen LogP contribution >= 0.6 is 0 Å². The van der Waals surface area contributed by atoms with Gasteiger partial charge in [0.15, 0.2) is 0 Å². The van der Waals surface area contributed by atoms with Gasteiger partial charge in [-0.2, -0.15) is 0 Å². The van der Waals surface area contributed by atoms with Crippen molar-refractivity contribution in [3.63, 3.8) is 0 Å². The molecule has 0 radical (unpaired) electrons. The van der Waals surface area contributed by atoms with Crippen molar-refractivity contribution in [2.75, 3.05) is 23.9 Å². The van der Waals surface area contributed by atoms with Gasteiger partial charge < -0.3 is 9.80 Å². The van der Waals surface area contributed by atoms with Crippen molar-refractivity contribution in [2.45, 2.75) is 20.0 Å². The molecular formula is C11H16N2. The van der Waals surface area contributed by atoms with Gasteiger partial charge in [0.1, 0.15) is 0 Å². The predicted octanol–water partition coefficient (Wildman–Crippen LogP) is 2.23. The molecule has 1 aliphatic heterocycles. The van der Waals surface area contributed by atoms with E-state index in [9.17, 15) is 0 Å². The van der Waals surface area contributed by atoms with Crippen LogP contribution in [-0.4, -0.2) is 20.3 Å². The lowest BCUT2D eigenvalue weighted by Gasteiger charge is -2.23. The average molecular weight is 176 g/mol. The molecule has 1 aromatic rings. The number of aryl methyl sites for hydroxylation is 1. The summed E-state index contributed by atoms with van der Waals surface area (Å²) in [5.41, 5.74) is 4.07. The number of hydrogen-bond acceptors (Lipinski definition) is 2. The summed E-state index contributed by atoms with van der Waals surface area (Å²) < 4.78 is 0. The average Bonchev–Trinajstić information content (AvgIpc) is 2.33. The van der Waals surface area contributed by atoms with Crippen LogP contribution in [0.4, 0.5) is 11.4 Å². The molecule has 0 bridgehead atoms. The SMILES string of the molecule is Cc1cccc2c1N(C)C(C)N2C. The number of para-hydroxylation sites is 1. The van der Waals surface area contributed by atoms with E-state index in [4.69, 9.17) is 0 Å². The molecule has 1 aromatic carbocycles. The van der Waals surface area contributed by atoms with E-state index in [1.165, 1.54) is 16.9 Å². The van der Waals surface area contributed by atoms with Crippen LogP contribution in [-0.2, 0) is 0 Å². The fourth-order valence-electron chi connectivity index (χ4n) is 2.03. The maximum atomic E-state index is 2.32. The number of hydrogen-bond donors (Lipinski definition) is 0. The molecule has 13 heavy (non-hydrogen) atoms. The van der Waals surface area contributed by atoms with E-state index in [-0.39, 0.29) is 0 Å². The fourth-order valence-corrected chi connectivity index (χ4v) is 2.03. The van der Waals surface area contributed by atoms with Crippen molar-refractivity contribution >= 4 is 11.4 Å². The summed E-state index contributed by atoms with van der Waals surface area (Å²) in [6.45, 7) is 4.39. The smallest absolute Gasteiger partial charge is 0.0982 e. The lowest BCUT2D eigenvalue weighted by molar-refractivity contribution is 0.709. The van der Waals surface area contributed by atoms with Crippen LogP contribution in [0.1, 0.15) is 12.5 Å². The van der Waals surface area contributed by atoms with Gasteiger partial charge in [0.05, 0.1) is 17.5 Å². The van der Waals surface area contributed by atoms with Crippen molar-refractivity contribution in [1.82, 2.24) is 0 Å². The van der Waals surface area contributed by atoms with Gasteiger partial charge in [-0.25, -0.2) is 0 Å². The standard InChI is InChI=1S/C11H16N2/c1-8-6-5-7-10-11(8)13(4)9(2)12(10)3/h5-7,9H,1-4H3. The van der Waals surface area contributed by atoms with Gasteiger partial charge in [-0.3, -0.25) is 0 Å². The number of benzene rings is 1. The molecule has 2 nitrogen and oxygen atoms in total. The largest absolute Gasteiger partial charge is 0.353 e. The lowest BCUT2D eigenvalue weighted by Crippen LogP contribution is -2.35. The topological polar surface area (TPSA) is 6.48 Å². The predicted molar refractivity (Wildman–Crippen MR) is 57.4 cm³/mol. The molecule has 1 heterocycles. The van der Waals surface area contributed by atoms with Gasteiger partial charge in [0.2, 0.25) is 0 Å². The molecule has 2 rings (SSSR count). The minimum absolute atomic E-state index is 0.469. The highest BCUT2D eigenvalue weighted by Crippen LogP contribution is 2.39. The van der Waals surface area contributed by atoms with Gasteiger partial charge in [-0.15, -0.1) is 0 Å². The van der Waals surface area contributed by atoms with Gasteiger partial charge in [-0.1, -0.05) is 12.1 Å². The van der Waals surface area contributed by atoms with Crippen LogP contribution in [0.5, 0.6) is 0 Å². The molecule has 70 valence electrons. The van der Waals surface area contributed by atoms with Crippen LogP contribution in [0.15, 0.2) is 18.2 Å². The molecule has 0 spiro atoms. The molecule has 0 amide bonds. The zero-order valence-corrected chi connectivity index (χ0v) is 8.70. The lowest BCUT2D eigenvalue weighted by atomic mass is 10.1. The van der Waals surface area contributed by atoms with Crippen molar-refractivity contribution in [3.8, 4) is 0 Å². The normalized spacial score (nSPS) is 20.8. The third kappa shape index (κ3) is 1.01. The Labute approximate surface area is 79.8 Å². The van der Waals surface area contributed by atoms with Crippen LogP contribution in [0.25, 0.3) is 0 Å². The summed E-state index contributed by atoms with van der Waals surface area (Å²) in [5.74, 6) is 0. The first kappa shape index (κ1) is 8.42. The van der Waals surface area contributed by atoms with E-state index in [0.717, 1.165) is 0 Å². The third-order valence-corrected chi connectivity index (χ3v) is 3.07. The molecule has 0 aliphatic carbocycles. The van der Waals surface area contributed by atoms with Crippen molar-refractivity contribution in [3.05, 3.63) is 23.8 Å². The van der Waals surface area contributed by atoms with E-state index in [0.29, 0.717) is 6.17 Å². The van der Waals surface area contributed by atoms with Crippen LogP contribution in [0, 0.1) is 6.92 Å².